The number of halogens is 1. The molecule has 0 spiro atoms. The highest BCUT2D eigenvalue weighted by Crippen LogP contribution is 2.27. The van der Waals surface area contributed by atoms with Gasteiger partial charge in [-0.05, 0) is 49.2 Å². The number of amides is 1. The van der Waals surface area contributed by atoms with Crippen LogP contribution in [0.25, 0.3) is 11.3 Å². The molecule has 1 saturated carbocycles. The standard InChI is InChI=1S/C22H27FN2O3/c23-18-7-5-17(6-8-18)20-9-10-21(28-20)22(26)25(19-3-1-2-4-19)12-11-24-13-15-27-16-14-24/h5-10,19H,1-4,11-16H2. The Morgan fingerprint density at radius 3 is 2.50 bits per heavy atom. The number of furan rings is 1. The average Bonchev–Trinajstić information content (AvgIpc) is 3.42. The van der Waals surface area contributed by atoms with Crippen LogP contribution in [0, 0.1) is 5.82 Å². The molecule has 28 heavy (non-hydrogen) atoms. The van der Waals surface area contributed by atoms with Crippen molar-refractivity contribution in [2.75, 3.05) is 39.4 Å². The van der Waals surface area contributed by atoms with Gasteiger partial charge in [-0.3, -0.25) is 9.69 Å². The van der Waals surface area contributed by atoms with Gasteiger partial charge < -0.3 is 14.1 Å². The zero-order chi connectivity index (χ0) is 19.3. The van der Waals surface area contributed by atoms with E-state index in [9.17, 15) is 9.18 Å². The van der Waals surface area contributed by atoms with Crippen LogP contribution >= 0.6 is 0 Å². The lowest BCUT2D eigenvalue weighted by atomic mass is 10.2. The number of carbonyl (C=O) groups excluding carboxylic acids is 1. The predicted octanol–water partition coefficient (Wildman–Crippen LogP) is 3.80. The van der Waals surface area contributed by atoms with E-state index in [2.05, 4.69) is 4.90 Å². The monoisotopic (exact) mass is 386 g/mol. The summed E-state index contributed by atoms with van der Waals surface area (Å²) >= 11 is 0. The Kier molecular flexibility index (Phi) is 6.07. The number of nitrogens with zero attached hydrogens (tertiary/aromatic N) is 2. The molecule has 5 nitrogen and oxygen atoms in total. The third kappa shape index (κ3) is 4.45. The van der Waals surface area contributed by atoms with E-state index in [1.165, 1.54) is 25.0 Å². The quantitative estimate of drug-likeness (QED) is 0.758. The highest BCUT2D eigenvalue weighted by Gasteiger charge is 2.29. The highest BCUT2D eigenvalue weighted by atomic mass is 19.1. The van der Waals surface area contributed by atoms with Gasteiger partial charge in [-0.1, -0.05) is 12.8 Å². The van der Waals surface area contributed by atoms with Gasteiger partial charge in [0.25, 0.3) is 5.91 Å². The van der Waals surface area contributed by atoms with E-state index in [0.29, 0.717) is 18.1 Å². The second-order valence-corrected chi connectivity index (χ2v) is 7.56. The Hall–Kier alpha value is -2.18. The third-order valence-electron chi connectivity index (χ3n) is 5.73. The summed E-state index contributed by atoms with van der Waals surface area (Å²) in [5.41, 5.74) is 0.765. The molecule has 1 amide bonds. The first-order chi connectivity index (χ1) is 13.7. The largest absolute Gasteiger partial charge is 0.451 e. The first-order valence-corrected chi connectivity index (χ1v) is 10.2. The second kappa shape index (κ2) is 8.88. The molecule has 0 atom stereocenters. The van der Waals surface area contributed by atoms with Gasteiger partial charge in [0.05, 0.1) is 13.2 Å². The summed E-state index contributed by atoms with van der Waals surface area (Å²) in [4.78, 5) is 17.6. The fraction of sp³-hybridized carbons (Fsp3) is 0.500. The zero-order valence-corrected chi connectivity index (χ0v) is 16.1. The van der Waals surface area contributed by atoms with Crippen LogP contribution in [0.3, 0.4) is 0 Å². The number of hydrogen-bond acceptors (Lipinski definition) is 4. The van der Waals surface area contributed by atoms with Gasteiger partial charge in [0.2, 0.25) is 0 Å². The van der Waals surface area contributed by atoms with Crippen LogP contribution in [0.5, 0.6) is 0 Å². The molecule has 1 aromatic heterocycles. The smallest absolute Gasteiger partial charge is 0.289 e. The molecule has 2 heterocycles. The van der Waals surface area contributed by atoms with Gasteiger partial charge in [0.15, 0.2) is 5.76 Å². The number of morpholine rings is 1. The molecule has 150 valence electrons. The number of carbonyl (C=O) groups is 1. The summed E-state index contributed by atoms with van der Waals surface area (Å²) < 4.78 is 24.4. The third-order valence-corrected chi connectivity index (χ3v) is 5.73. The minimum absolute atomic E-state index is 0.0477. The molecule has 0 unspecified atom stereocenters. The fourth-order valence-electron chi connectivity index (χ4n) is 4.10. The molecule has 2 aliphatic rings. The SMILES string of the molecule is O=C(c1ccc(-c2ccc(F)cc2)o1)N(CCN1CCOCC1)C1CCCC1. The lowest BCUT2D eigenvalue weighted by Gasteiger charge is -2.32. The number of rotatable bonds is 6. The van der Waals surface area contributed by atoms with E-state index in [1.54, 1.807) is 24.3 Å². The summed E-state index contributed by atoms with van der Waals surface area (Å²) in [6.45, 7) is 4.92. The van der Waals surface area contributed by atoms with Crippen LogP contribution in [0.1, 0.15) is 36.2 Å². The number of benzene rings is 1. The van der Waals surface area contributed by atoms with E-state index in [4.69, 9.17) is 9.15 Å². The summed E-state index contributed by atoms with van der Waals surface area (Å²) in [5.74, 6) is 0.603. The molecule has 0 radical (unpaired) electrons. The molecular weight excluding hydrogens is 359 g/mol. The maximum absolute atomic E-state index is 13.2. The molecule has 0 N–H and O–H groups in total. The molecule has 1 aliphatic carbocycles. The summed E-state index contributed by atoms with van der Waals surface area (Å²) in [7, 11) is 0. The molecule has 1 aromatic carbocycles. The van der Waals surface area contributed by atoms with Crippen molar-refractivity contribution < 1.29 is 18.3 Å². The molecule has 4 rings (SSSR count). The van der Waals surface area contributed by atoms with E-state index in [0.717, 1.165) is 51.3 Å². The summed E-state index contributed by atoms with van der Waals surface area (Å²) in [6, 6.07) is 9.92. The molecule has 1 aliphatic heterocycles. The molecule has 2 aromatic rings. The second-order valence-electron chi connectivity index (χ2n) is 7.56. The van der Waals surface area contributed by atoms with Crippen molar-refractivity contribution >= 4 is 5.91 Å². The fourth-order valence-corrected chi connectivity index (χ4v) is 4.10. The van der Waals surface area contributed by atoms with Crippen LogP contribution in [0.4, 0.5) is 4.39 Å². The Balaban J connectivity index is 1.47. The first kappa shape index (κ1) is 19.2. The predicted molar refractivity (Wildman–Crippen MR) is 105 cm³/mol. The van der Waals surface area contributed by atoms with Gasteiger partial charge in [0, 0.05) is 37.8 Å². The van der Waals surface area contributed by atoms with Gasteiger partial charge in [-0.15, -0.1) is 0 Å². The van der Waals surface area contributed by atoms with Crippen molar-refractivity contribution in [1.82, 2.24) is 9.80 Å². The molecule has 2 fully saturated rings. The minimum atomic E-state index is -0.290. The van der Waals surface area contributed by atoms with Gasteiger partial charge in [-0.25, -0.2) is 4.39 Å². The molecule has 6 heteroatoms. The van der Waals surface area contributed by atoms with Crippen molar-refractivity contribution in [2.45, 2.75) is 31.7 Å². The lowest BCUT2D eigenvalue weighted by molar-refractivity contribution is 0.0292. The van der Waals surface area contributed by atoms with Crippen LogP contribution in [-0.2, 0) is 4.74 Å². The Morgan fingerprint density at radius 1 is 1.07 bits per heavy atom. The van der Waals surface area contributed by atoms with Crippen molar-refractivity contribution in [3.63, 3.8) is 0 Å². The van der Waals surface area contributed by atoms with Gasteiger partial charge >= 0.3 is 0 Å². The van der Waals surface area contributed by atoms with Gasteiger partial charge in [-0.2, -0.15) is 0 Å². The van der Waals surface area contributed by atoms with Crippen molar-refractivity contribution in [1.29, 1.82) is 0 Å². The van der Waals surface area contributed by atoms with Crippen LogP contribution in [-0.4, -0.2) is 61.1 Å². The van der Waals surface area contributed by atoms with Crippen molar-refractivity contribution in [3.8, 4) is 11.3 Å². The summed E-state index contributed by atoms with van der Waals surface area (Å²) in [5, 5.41) is 0. The highest BCUT2D eigenvalue weighted by molar-refractivity contribution is 5.92. The first-order valence-electron chi connectivity index (χ1n) is 10.2. The van der Waals surface area contributed by atoms with E-state index in [1.807, 2.05) is 4.90 Å². The molecule has 0 bridgehead atoms. The molecule has 1 saturated heterocycles. The number of hydrogen-bond donors (Lipinski definition) is 0. The van der Waals surface area contributed by atoms with Crippen molar-refractivity contribution in [2.24, 2.45) is 0 Å². The average molecular weight is 386 g/mol. The van der Waals surface area contributed by atoms with E-state index < -0.39 is 0 Å². The van der Waals surface area contributed by atoms with Gasteiger partial charge in [0.1, 0.15) is 11.6 Å². The van der Waals surface area contributed by atoms with Crippen molar-refractivity contribution in [3.05, 3.63) is 48.0 Å². The van der Waals surface area contributed by atoms with E-state index in [-0.39, 0.29) is 17.8 Å². The topological polar surface area (TPSA) is 45.9 Å². The van der Waals surface area contributed by atoms with Crippen LogP contribution in [0.15, 0.2) is 40.8 Å². The Morgan fingerprint density at radius 2 is 1.79 bits per heavy atom. The lowest BCUT2D eigenvalue weighted by Crippen LogP contribution is -2.46. The molecular formula is C22H27FN2O3. The zero-order valence-electron chi connectivity index (χ0n) is 16.1. The Bertz CT molecular complexity index is 777. The minimum Gasteiger partial charge on any atom is -0.451 e. The summed E-state index contributed by atoms with van der Waals surface area (Å²) in [6.07, 6.45) is 4.46. The van der Waals surface area contributed by atoms with E-state index >= 15 is 0 Å². The number of ether oxygens (including phenoxy) is 1. The van der Waals surface area contributed by atoms with Crippen LogP contribution in [0.2, 0.25) is 0 Å². The maximum atomic E-state index is 13.2. The normalized spacial score (nSPS) is 18.5. The maximum Gasteiger partial charge on any atom is 0.289 e. The van der Waals surface area contributed by atoms with Crippen LogP contribution < -0.4 is 0 Å². The Labute approximate surface area is 165 Å².